The van der Waals surface area contributed by atoms with E-state index in [0.717, 1.165) is 31.2 Å². The fourth-order valence-electron chi connectivity index (χ4n) is 3.40. The number of rotatable bonds is 5. The molecule has 1 aromatic carbocycles. The highest BCUT2D eigenvalue weighted by Crippen LogP contribution is 2.38. The molecule has 29 heavy (non-hydrogen) atoms. The lowest BCUT2D eigenvalue weighted by molar-refractivity contribution is 0.0526. The molecule has 0 aliphatic heterocycles. The number of esters is 1. The second-order valence-corrected chi connectivity index (χ2v) is 8.83. The van der Waals surface area contributed by atoms with Crippen LogP contribution in [-0.2, 0) is 17.6 Å². The molecule has 154 valence electrons. The van der Waals surface area contributed by atoms with Gasteiger partial charge in [0, 0.05) is 10.4 Å². The van der Waals surface area contributed by atoms with Crippen LogP contribution >= 0.6 is 23.6 Å². The largest absolute Gasteiger partial charge is 0.462 e. The maximum atomic E-state index is 12.5. The van der Waals surface area contributed by atoms with E-state index in [1.807, 2.05) is 12.1 Å². The van der Waals surface area contributed by atoms with Crippen molar-refractivity contribution in [3.63, 3.8) is 0 Å². The Morgan fingerprint density at radius 2 is 1.86 bits per heavy atom. The summed E-state index contributed by atoms with van der Waals surface area (Å²) < 4.78 is 5.25. The van der Waals surface area contributed by atoms with Crippen LogP contribution in [0.25, 0.3) is 0 Å². The average Bonchev–Trinajstić information content (AvgIpc) is 3.05. The number of hydrogen-bond acceptors (Lipinski definition) is 5. The smallest absolute Gasteiger partial charge is 0.341 e. The Labute approximate surface area is 180 Å². The van der Waals surface area contributed by atoms with Crippen LogP contribution in [0.4, 0.5) is 5.00 Å². The summed E-state index contributed by atoms with van der Waals surface area (Å²) in [5.41, 5.74) is 3.32. The van der Waals surface area contributed by atoms with Crippen molar-refractivity contribution in [1.82, 2.24) is 5.32 Å². The summed E-state index contributed by atoms with van der Waals surface area (Å²) in [4.78, 5) is 26.2. The molecule has 3 rings (SSSR count). The molecule has 7 heteroatoms. The number of carbonyl (C=O) groups excluding carboxylic acids is 2. The van der Waals surface area contributed by atoms with E-state index in [-0.39, 0.29) is 17.0 Å². The quantitative estimate of drug-likeness (QED) is 0.513. The summed E-state index contributed by atoms with van der Waals surface area (Å²) in [6.45, 7) is 6.32. The fraction of sp³-hybridized carbons (Fsp3) is 0.409. The fourth-order valence-corrected chi connectivity index (χ4v) is 4.94. The Hall–Kier alpha value is -2.25. The normalized spacial score (nSPS) is 13.0. The van der Waals surface area contributed by atoms with E-state index in [2.05, 4.69) is 24.5 Å². The van der Waals surface area contributed by atoms with Crippen molar-refractivity contribution in [1.29, 1.82) is 0 Å². The van der Waals surface area contributed by atoms with Gasteiger partial charge >= 0.3 is 5.97 Å². The number of carbonyl (C=O) groups is 2. The molecule has 1 aliphatic carbocycles. The van der Waals surface area contributed by atoms with E-state index < -0.39 is 0 Å². The highest BCUT2D eigenvalue weighted by molar-refractivity contribution is 7.80. The van der Waals surface area contributed by atoms with Crippen LogP contribution in [0.1, 0.15) is 76.3 Å². The monoisotopic (exact) mass is 430 g/mol. The number of nitrogens with one attached hydrogen (secondary N) is 2. The lowest BCUT2D eigenvalue weighted by Crippen LogP contribution is -2.34. The number of thiophene rings is 1. The number of thiocarbonyl (C=S) groups is 1. The van der Waals surface area contributed by atoms with Crippen molar-refractivity contribution in [2.75, 3.05) is 11.9 Å². The molecule has 5 nitrogen and oxygen atoms in total. The number of aryl methyl sites for hydroxylation is 1. The zero-order chi connectivity index (χ0) is 21.0. The summed E-state index contributed by atoms with van der Waals surface area (Å²) in [6.07, 6.45) is 3.99. The molecule has 0 bridgehead atoms. The van der Waals surface area contributed by atoms with Crippen molar-refractivity contribution in [3.05, 3.63) is 51.4 Å². The van der Waals surface area contributed by atoms with Gasteiger partial charge in [0.05, 0.1) is 12.2 Å². The molecule has 2 N–H and O–H groups in total. The van der Waals surface area contributed by atoms with E-state index in [9.17, 15) is 9.59 Å². The molecule has 1 aliphatic rings. The Kier molecular flexibility index (Phi) is 7.03. The molecule has 0 radical (unpaired) electrons. The summed E-state index contributed by atoms with van der Waals surface area (Å²) in [5, 5.41) is 6.58. The lowest BCUT2D eigenvalue weighted by atomic mass is 9.95. The zero-order valence-corrected chi connectivity index (χ0v) is 18.6. The Bertz CT molecular complexity index is 917. The average molecular weight is 431 g/mol. The maximum Gasteiger partial charge on any atom is 0.341 e. The minimum absolute atomic E-state index is 0.173. The van der Waals surface area contributed by atoms with E-state index >= 15 is 0 Å². The first-order valence-electron chi connectivity index (χ1n) is 9.94. The Morgan fingerprint density at radius 3 is 2.52 bits per heavy atom. The number of ether oxygens (including phenoxy) is 1. The molecule has 0 fully saturated rings. The van der Waals surface area contributed by atoms with Crippen molar-refractivity contribution >= 4 is 45.5 Å². The summed E-state index contributed by atoms with van der Waals surface area (Å²) >= 11 is 6.86. The van der Waals surface area contributed by atoms with Crippen LogP contribution < -0.4 is 10.6 Å². The van der Waals surface area contributed by atoms with Gasteiger partial charge in [-0.1, -0.05) is 26.0 Å². The Balaban J connectivity index is 1.74. The molecule has 1 heterocycles. The summed E-state index contributed by atoms with van der Waals surface area (Å²) in [7, 11) is 0. The molecule has 0 unspecified atom stereocenters. The highest BCUT2D eigenvalue weighted by Gasteiger charge is 2.27. The Morgan fingerprint density at radius 1 is 1.17 bits per heavy atom. The van der Waals surface area contributed by atoms with Crippen LogP contribution in [0.15, 0.2) is 24.3 Å². The van der Waals surface area contributed by atoms with Gasteiger partial charge in [-0.3, -0.25) is 10.1 Å². The first-order valence-corrected chi connectivity index (χ1v) is 11.2. The summed E-state index contributed by atoms with van der Waals surface area (Å²) in [5.74, 6) is -0.217. The van der Waals surface area contributed by atoms with Gasteiger partial charge in [0.2, 0.25) is 0 Å². The van der Waals surface area contributed by atoms with Crippen LogP contribution in [0.2, 0.25) is 0 Å². The third kappa shape index (κ3) is 5.03. The standard InChI is InChI=1S/C22H26N2O3S2/c1-4-27-21(26)18-16-7-5-6-8-17(16)29-20(18)24-22(28)23-19(25)15-11-9-14(10-12-15)13(2)3/h9-13H,4-8H2,1-3H3,(H2,23,24,25,28). The van der Waals surface area contributed by atoms with Gasteiger partial charge in [-0.2, -0.15) is 0 Å². The molecule has 0 spiro atoms. The van der Waals surface area contributed by atoms with E-state index in [1.54, 1.807) is 19.1 Å². The maximum absolute atomic E-state index is 12.5. The zero-order valence-electron chi connectivity index (χ0n) is 17.0. The molecule has 0 saturated carbocycles. The van der Waals surface area contributed by atoms with Crippen LogP contribution in [-0.4, -0.2) is 23.6 Å². The van der Waals surface area contributed by atoms with Gasteiger partial charge < -0.3 is 10.1 Å². The van der Waals surface area contributed by atoms with Gasteiger partial charge in [0.25, 0.3) is 5.91 Å². The van der Waals surface area contributed by atoms with Crippen LogP contribution in [0.3, 0.4) is 0 Å². The molecule has 1 amide bonds. The van der Waals surface area contributed by atoms with Gasteiger partial charge in [0.1, 0.15) is 5.00 Å². The number of fused-ring (bicyclic) bond motifs is 1. The van der Waals surface area contributed by atoms with Crippen molar-refractivity contribution in [2.45, 2.75) is 52.4 Å². The van der Waals surface area contributed by atoms with Gasteiger partial charge in [-0.15, -0.1) is 11.3 Å². The molecular weight excluding hydrogens is 404 g/mol. The summed E-state index contributed by atoms with van der Waals surface area (Å²) in [6, 6.07) is 7.48. The molecule has 1 aromatic heterocycles. The van der Waals surface area contributed by atoms with Gasteiger partial charge in [-0.25, -0.2) is 4.79 Å². The van der Waals surface area contributed by atoms with E-state index in [4.69, 9.17) is 17.0 Å². The number of benzene rings is 1. The predicted molar refractivity (Wildman–Crippen MR) is 121 cm³/mol. The second-order valence-electron chi connectivity index (χ2n) is 7.32. The molecular formula is C22H26N2O3S2. The topological polar surface area (TPSA) is 67.4 Å². The SMILES string of the molecule is CCOC(=O)c1c(NC(=S)NC(=O)c2ccc(C(C)C)cc2)sc2c1CCCC2. The third-order valence-corrected chi connectivity index (χ3v) is 6.36. The molecule has 0 saturated heterocycles. The first-order chi connectivity index (χ1) is 13.9. The predicted octanol–water partition coefficient (Wildman–Crippen LogP) is 5.05. The van der Waals surface area contributed by atoms with Gasteiger partial charge in [0.15, 0.2) is 5.11 Å². The second kappa shape index (κ2) is 9.50. The van der Waals surface area contributed by atoms with Crippen LogP contribution in [0, 0.1) is 0 Å². The number of anilines is 1. The molecule has 2 aromatic rings. The van der Waals surface area contributed by atoms with E-state index in [0.29, 0.717) is 28.7 Å². The highest BCUT2D eigenvalue weighted by atomic mass is 32.1. The minimum Gasteiger partial charge on any atom is -0.462 e. The van der Waals surface area contributed by atoms with Crippen LogP contribution in [0.5, 0.6) is 0 Å². The molecule has 0 atom stereocenters. The third-order valence-electron chi connectivity index (χ3n) is 4.94. The van der Waals surface area contributed by atoms with E-state index in [1.165, 1.54) is 21.8 Å². The van der Waals surface area contributed by atoms with Gasteiger partial charge in [-0.05, 0) is 74.0 Å². The number of amides is 1. The van der Waals surface area contributed by atoms with Crippen molar-refractivity contribution < 1.29 is 14.3 Å². The van der Waals surface area contributed by atoms with Crippen molar-refractivity contribution in [2.24, 2.45) is 0 Å². The van der Waals surface area contributed by atoms with Crippen molar-refractivity contribution in [3.8, 4) is 0 Å². The number of hydrogen-bond donors (Lipinski definition) is 2. The minimum atomic E-state index is -0.340. The first kappa shape index (κ1) is 21.5. The lowest BCUT2D eigenvalue weighted by Gasteiger charge is -2.13.